The predicted octanol–water partition coefficient (Wildman–Crippen LogP) is 5.68. The lowest BCUT2D eigenvalue weighted by Crippen LogP contribution is -2.50. The van der Waals surface area contributed by atoms with Crippen LogP contribution in [0.4, 0.5) is 0 Å². The monoisotopic (exact) mass is 318 g/mol. The minimum Gasteiger partial charge on any atom is -0.460 e. The Morgan fingerprint density at radius 2 is 2.09 bits per heavy atom. The molecule has 0 N–H and O–H groups in total. The highest BCUT2D eigenvalue weighted by molar-refractivity contribution is 5.38. The Hall–Kier alpha value is -1.05. The average molecular weight is 319 g/mol. The van der Waals surface area contributed by atoms with Crippen molar-refractivity contribution in [3.63, 3.8) is 0 Å². The minimum atomic E-state index is -0.111. The van der Waals surface area contributed by atoms with Gasteiger partial charge in [0.05, 0.1) is 0 Å². The van der Waals surface area contributed by atoms with E-state index in [1.54, 1.807) is 0 Å². The predicted molar refractivity (Wildman–Crippen MR) is 96.1 cm³/mol. The molecule has 0 spiro atoms. The van der Waals surface area contributed by atoms with Gasteiger partial charge in [-0.25, -0.2) is 0 Å². The molecule has 0 radical (unpaired) electrons. The van der Waals surface area contributed by atoms with Gasteiger partial charge in [-0.05, 0) is 74.2 Å². The Balaban J connectivity index is 2.30. The summed E-state index contributed by atoms with van der Waals surface area (Å²) in [5, 5.41) is 0. The van der Waals surface area contributed by atoms with E-state index in [9.17, 15) is 4.79 Å². The molecule has 2 nitrogen and oxygen atoms in total. The van der Waals surface area contributed by atoms with Crippen LogP contribution in [0, 0.1) is 22.7 Å². The van der Waals surface area contributed by atoms with Crippen molar-refractivity contribution in [2.75, 3.05) is 0 Å². The standard InChI is InChI=1S/C21H34O2/c1-7-15(2)18(23-14-22)13-17-16(3)9-10-19-20(4,5)11-8-12-21(17,19)6/h7,14,17-19H,3,8-13H2,1-2,4-6H3/b15-7+/t17-,18-,19-,21+/m0/s1. The van der Waals surface area contributed by atoms with Gasteiger partial charge in [0.2, 0.25) is 0 Å². The highest BCUT2D eigenvalue weighted by Crippen LogP contribution is 2.61. The van der Waals surface area contributed by atoms with E-state index < -0.39 is 0 Å². The third-order valence-electron chi connectivity index (χ3n) is 6.95. The van der Waals surface area contributed by atoms with Crippen LogP contribution in [0.25, 0.3) is 0 Å². The van der Waals surface area contributed by atoms with Crippen molar-refractivity contribution in [2.24, 2.45) is 22.7 Å². The molecule has 2 aliphatic carbocycles. The fourth-order valence-corrected chi connectivity index (χ4v) is 5.53. The molecule has 0 heterocycles. The van der Waals surface area contributed by atoms with E-state index in [-0.39, 0.29) is 11.5 Å². The Morgan fingerprint density at radius 1 is 1.39 bits per heavy atom. The second-order valence-electron chi connectivity index (χ2n) is 8.64. The molecule has 0 aliphatic heterocycles. The third-order valence-corrected chi connectivity index (χ3v) is 6.95. The summed E-state index contributed by atoms with van der Waals surface area (Å²) in [6.07, 6.45) is 9.12. The van der Waals surface area contributed by atoms with Gasteiger partial charge in [-0.3, -0.25) is 4.79 Å². The topological polar surface area (TPSA) is 26.3 Å². The summed E-state index contributed by atoms with van der Waals surface area (Å²) in [5.74, 6) is 1.18. The van der Waals surface area contributed by atoms with Gasteiger partial charge in [-0.15, -0.1) is 0 Å². The van der Waals surface area contributed by atoms with Crippen molar-refractivity contribution in [1.29, 1.82) is 0 Å². The van der Waals surface area contributed by atoms with E-state index in [0.717, 1.165) is 24.3 Å². The molecule has 2 saturated carbocycles. The number of allylic oxidation sites excluding steroid dienone is 2. The average Bonchev–Trinajstić information content (AvgIpc) is 2.48. The number of hydrogen-bond donors (Lipinski definition) is 0. The molecule has 0 amide bonds. The van der Waals surface area contributed by atoms with Crippen LogP contribution in [0.2, 0.25) is 0 Å². The van der Waals surface area contributed by atoms with E-state index in [4.69, 9.17) is 4.74 Å². The normalized spacial score (nSPS) is 35.3. The summed E-state index contributed by atoms with van der Waals surface area (Å²) in [6, 6.07) is 0. The summed E-state index contributed by atoms with van der Waals surface area (Å²) >= 11 is 0. The summed E-state index contributed by atoms with van der Waals surface area (Å²) in [4.78, 5) is 11.0. The number of hydrogen-bond acceptors (Lipinski definition) is 2. The third kappa shape index (κ3) is 3.41. The van der Waals surface area contributed by atoms with Gasteiger partial charge in [-0.1, -0.05) is 45.4 Å². The second-order valence-corrected chi connectivity index (χ2v) is 8.64. The Morgan fingerprint density at radius 3 is 2.70 bits per heavy atom. The number of rotatable bonds is 5. The smallest absolute Gasteiger partial charge is 0.293 e. The van der Waals surface area contributed by atoms with Gasteiger partial charge in [0.1, 0.15) is 6.10 Å². The van der Waals surface area contributed by atoms with Gasteiger partial charge < -0.3 is 4.74 Å². The Bertz CT molecular complexity index is 488. The van der Waals surface area contributed by atoms with Crippen molar-refractivity contribution in [3.8, 4) is 0 Å². The van der Waals surface area contributed by atoms with Gasteiger partial charge in [0.25, 0.3) is 6.47 Å². The molecule has 0 bridgehead atoms. The summed E-state index contributed by atoms with van der Waals surface area (Å²) in [7, 11) is 0. The van der Waals surface area contributed by atoms with E-state index in [0.29, 0.717) is 17.8 Å². The van der Waals surface area contributed by atoms with Crippen molar-refractivity contribution in [2.45, 2.75) is 79.2 Å². The zero-order chi connectivity index (χ0) is 17.3. The van der Waals surface area contributed by atoms with E-state index in [1.165, 1.54) is 31.3 Å². The molecule has 0 aromatic carbocycles. The van der Waals surface area contributed by atoms with Gasteiger partial charge in [-0.2, -0.15) is 0 Å². The van der Waals surface area contributed by atoms with Crippen molar-refractivity contribution >= 4 is 6.47 Å². The van der Waals surface area contributed by atoms with E-state index in [1.807, 2.05) is 6.92 Å². The molecule has 2 aliphatic rings. The maximum absolute atomic E-state index is 11.0. The van der Waals surface area contributed by atoms with E-state index in [2.05, 4.69) is 40.3 Å². The molecule has 2 rings (SSSR count). The minimum absolute atomic E-state index is 0.111. The number of fused-ring (bicyclic) bond motifs is 1. The molecule has 0 aromatic rings. The van der Waals surface area contributed by atoms with Crippen LogP contribution in [0.5, 0.6) is 0 Å². The Kier molecular flexibility index (Phi) is 5.43. The maximum atomic E-state index is 11.0. The summed E-state index contributed by atoms with van der Waals surface area (Å²) in [5.41, 5.74) is 3.20. The van der Waals surface area contributed by atoms with Crippen LogP contribution >= 0.6 is 0 Å². The van der Waals surface area contributed by atoms with Crippen LogP contribution in [-0.4, -0.2) is 12.6 Å². The van der Waals surface area contributed by atoms with E-state index >= 15 is 0 Å². The molecular formula is C21H34O2. The second kappa shape index (κ2) is 6.83. The Labute approximate surface area is 142 Å². The lowest BCUT2D eigenvalue weighted by molar-refractivity contribution is -0.134. The highest BCUT2D eigenvalue weighted by Gasteiger charge is 2.53. The van der Waals surface area contributed by atoms with Crippen LogP contribution in [0.1, 0.15) is 73.1 Å². The number of ether oxygens (including phenoxy) is 1. The molecule has 0 aromatic heterocycles. The van der Waals surface area contributed by atoms with Crippen molar-refractivity contribution < 1.29 is 9.53 Å². The number of carbonyl (C=O) groups excluding carboxylic acids is 1. The molecule has 2 fully saturated rings. The molecule has 0 saturated heterocycles. The fourth-order valence-electron chi connectivity index (χ4n) is 5.53. The quantitative estimate of drug-likeness (QED) is 0.481. The van der Waals surface area contributed by atoms with Crippen LogP contribution < -0.4 is 0 Å². The van der Waals surface area contributed by atoms with Crippen molar-refractivity contribution in [1.82, 2.24) is 0 Å². The zero-order valence-electron chi connectivity index (χ0n) is 15.7. The van der Waals surface area contributed by atoms with Gasteiger partial charge in [0, 0.05) is 0 Å². The first-order chi connectivity index (χ1) is 10.8. The first-order valence-electron chi connectivity index (χ1n) is 9.16. The van der Waals surface area contributed by atoms with Crippen LogP contribution in [-0.2, 0) is 9.53 Å². The highest BCUT2D eigenvalue weighted by atomic mass is 16.5. The summed E-state index contributed by atoms with van der Waals surface area (Å²) < 4.78 is 5.43. The summed E-state index contributed by atoms with van der Waals surface area (Å²) in [6.45, 7) is 16.4. The molecule has 130 valence electrons. The first-order valence-corrected chi connectivity index (χ1v) is 9.16. The maximum Gasteiger partial charge on any atom is 0.293 e. The van der Waals surface area contributed by atoms with Crippen molar-refractivity contribution in [3.05, 3.63) is 23.8 Å². The van der Waals surface area contributed by atoms with Gasteiger partial charge in [0.15, 0.2) is 0 Å². The molecule has 2 heteroatoms. The molecule has 4 atom stereocenters. The molecule has 0 unspecified atom stereocenters. The molecule has 23 heavy (non-hydrogen) atoms. The van der Waals surface area contributed by atoms with Gasteiger partial charge >= 0.3 is 0 Å². The van der Waals surface area contributed by atoms with Crippen LogP contribution in [0.15, 0.2) is 23.8 Å². The SMILES string of the molecule is C=C1CC[C@H]2C(C)(C)CCC[C@]2(C)[C@H]1C[C@H](OC=O)/C(C)=C/C. The largest absolute Gasteiger partial charge is 0.460 e. The molecular weight excluding hydrogens is 284 g/mol. The first kappa shape index (κ1) is 18.3. The fraction of sp³-hybridized carbons (Fsp3) is 0.762. The number of carbonyl (C=O) groups is 1. The lowest BCUT2D eigenvalue weighted by Gasteiger charge is -2.58. The zero-order valence-corrected chi connectivity index (χ0v) is 15.7. The lowest BCUT2D eigenvalue weighted by atomic mass is 9.47. The van der Waals surface area contributed by atoms with Crippen LogP contribution in [0.3, 0.4) is 0 Å².